The number of ether oxygens (including phenoxy) is 1. The summed E-state index contributed by atoms with van der Waals surface area (Å²) in [6.45, 7) is -1.67. The third kappa shape index (κ3) is 4.73. The van der Waals surface area contributed by atoms with E-state index in [4.69, 9.17) is 5.73 Å². The van der Waals surface area contributed by atoms with Crippen LogP contribution < -0.4 is 11.1 Å². The first-order valence-electron chi connectivity index (χ1n) is 4.68. The van der Waals surface area contributed by atoms with Crippen LogP contribution in [0.25, 0.3) is 0 Å². The van der Waals surface area contributed by atoms with E-state index in [9.17, 15) is 22.8 Å². The van der Waals surface area contributed by atoms with Gasteiger partial charge in [0.1, 0.15) is 0 Å². The van der Waals surface area contributed by atoms with Crippen molar-refractivity contribution in [3.05, 3.63) is 29.8 Å². The van der Waals surface area contributed by atoms with Crippen molar-refractivity contribution in [2.45, 2.75) is 6.18 Å². The number of carbonyl (C=O) groups excluding carboxylic acids is 2. The number of carbonyl (C=O) groups is 2. The van der Waals surface area contributed by atoms with Gasteiger partial charge in [-0.1, -0.05) is 0 Å². The Balaban J connectivity index is 2.52. The van der Waals surface area contributed by atoms with E-state index in [1.807, 2.05) is 0 Å². The number of amides is 2. The first kappa shape index (κ1) is 13.8. The molecule has 0 radical (unpaired) electrons. The molecule has 0 spiro atoms. The van der Waals surface area contributed by atoms with Crippen LogP contribution in [0.2, 0.25) is 0 Å². The standard InChI is InChI=1S/C10H9F3N2O3/c11-10(12,13)5-18-9(17)15-7-3-1-6(2-4-7)8(14)16/h1-4H,5H2,(H2,14,16)(H,15,17). The zero-order chi connectivity index (χ0) is 13.8. The monoisotopic (exact) mass is 262 g/mol. The Morgan fingerprint density at radius 3 is 2.22 bits per heavy atom. The predicted molar refractivity (Wildman–Crippen MR) is 56.0 cm³/mol. The van der Waals surface area contributed by atoms with Crippen LogP contribution in [-0.4, -0.2) is 24.8 Å². The van der Waals surface area contributed by atoms with Crippen molar-refractivity contribution in [1.29, 1.82) is 0 Å². The van der Waals surface area contributed by atoms with Gasteiger partial charge in [0, 0.05) is 11.3 Å². The molecule has 18 heavy (non-hydrogen) atoms. The number of hydrogen-bond donors (Lipinski definition) is 2. The zero-order valence-corrected chi connectivity index (χ0v) is 8.95. The quantitative estimate of drug-likeness (QED) is 0.872. The van der Waals surface area contributed by atoms with E-state index in [0.29, 0.717) is 0 Å². The minimum absolute atomic E-state index is 0.187. The molecule has 0 saturated heterocycles. The number of nitrogens with two attached hydrogens (primary N) is 1. The first-order valence-corrected chi connectivity index (χ1v) is 4.68. The van der Waals surface area contributed by atoms with Gasteiger partial charge in [-0.15, -0.1) is 0 Å². The summed E-state index contributed by atoms with van der Waals surface area (Å²) in [6, 6.07) is 5.27. The molecule has 2 amide bonds. The van der Waals surface area contributed by atoms with E-state index >= 15 is 0 Å². The number of alkyl halides is 3. The fraction of sp³-hybridized carbons (Fsp3) is 0.200. The molecule has 0 unspecified atom stereocenters. The van der Waals surface area contributed by atoms with Gasteiger partial charge in [-0.05, 0) is 24.3 Å². The molecule has 3 N–H and O–H groups in total. The summed E-state index contributed by atoms with van der Waals surface area (Å²) in [5.41, 5.74) is 5.38. The molecule has 0 saturated carbocycles. The molecule has 0 aliphatic heterocycles. The molecular formula is C10H9F3N2O3. The first-order chi connectivity index (χ1) is 8.28. The van der Waals surface area contributed by atoms with Crippen molar-refractivity contribution < 1.29 is 27.5 Å². The molecule has 8 heteroatoms. The fourth-order valence-corrected chi connectivity index (χ4v) is 1.02. The lowest BCUT2D eigenvalue weighted by Gasteiger charge is -2.09. The van der Waals surface area contributed by atoms with Crippen molar-refractivity contribution in [2.24, 2.45) is 5.73 Å². The molecule has 0 bridgehead atoms. The molecule has 0 fully saturated rings. The van der Waals surface area contributed by atoms with Crippen LogP contribution in [0.4, 0.5) is 23.7 Å². The Morgan fingerprint density at radius 1 is 1.22 bits per heavy atom. The highest BCUT2D eigenvalue weighted by atomic mass is 19.4. The average molecular weight is 262 g/mol. The molecule has 1 aromatic carbocycles. The maximum Gasteiger partial charge on any atom is 0.422 e. The summed E-state index contributed by atoms with van der Waals surface area (Å²) in [5.74, 6) is -0.652. The Bertz CT molecular complexity index is 443. The predicted octanol–water partition coefficient (Wildman–Crippen LogP) is 1.90. The summed E-state index contributed by atoms with van der Waals surface area (Å²) < 4.78 is 39.1. The van der Waals surface area contributed by atoms with Crippen LogP contribution in [0.3, 0.4) is 0 Å². The number of rotatable bonds is 3. The third-order valence-corrected chi connectivity index (χ3v) is 1.78. The molecule has 0 atom stereocenters. The zero-order valence-electron chi connectivity index (χ0n) is 8.95. The Morgan fingerprint density at radius 2 is 1.78 bits per heavy atom. The van der Waals surface area contributed by atoms with Crippen LogP contribution in [0.1, 0.15) is 10.4 Å². The summed E-state index contributed by atoms with van der Waals surface area (Å²) >= 11 is 0. The van der Waals surface area contributed by atoms with Gasteiger partial charge in [0.05, 0.1) is 0 Å². The van der Waals surface area contributed by atoms with Gasteiger partial charge < -0.3 is 10.5 Å². The van der Waals surface area contributed by atoms with E-state index in [1.54, 1.807) is 0 Å². The van der Waals surface area contributed by atoms with Crippen molar-refractivity contribution in [3.8, 4) is 0 Å². The van der Waals surface area contributed by atoms with Crippen LogP contribution in [0, 0.1) is 0 Å². The highest BCUT2D eigenvalue weighted by Crippen LogP contribution is 2.15. The Labute approximate surface area is 99.7 Å². The average Bonchev–Trinajstić information content (AvgIpc) is 2.26. The molecular weight excluding hydrogens is 253 g/mol. The van der Waals surface area contributed by atoms with Crippen molar-refractivity contribution >= 4 is 17.7 Å². The summed E-state index contributed by atoms with van der Waals surface area (Å²) in [5, 5.41) is 2.07. The van der Waals surface area contributed by atoms with Gasteiger partial charge in [0.2, 0.25) is 5.91 Å². The van der Waals surface area contributed by atoms with E-state index in [-0.39, 0.29) is 11.3 Å². The van der Waals surface area contributed by atoms with Gasteiger partial charge in [-0.3, -0.25) is 10.1 Å². The van der Waals surface area contributed by atoms with E-state index in [0.717, 1.165) is 0 Å². The molecule has 1 rings (SSSR count). The summed E-state index contributed by atoms with van der Waals surface area (Å²) in [7, 11) is 0. The van der Waals surface area contributed by atoms with Crippen LogP contribution in [-0.2, 0) is 4.74 Å². The molecule has 0 aliphatic carbocycles. The van der Waals surface area contributed by atoms with Gasteiger partial charge in [-0.2, -0.15) is 13.2 Å². The molecule has 1 aromatic rings. The SMILES string of the molecule is NC(=O)c1ccc(NC(=O)OCC(F)(F)F)cc1. The van der Waals surface area contributed by atoms with Crippen molar-refractivity contribution in [2.75, 3.05) is 11.9 Å². The summed E-state index contributed by atoms with van der Waals surface area (Å²) in [4.78, 5) is 21.7. The fourth-order valence-electron chi connectivity index (χ4n) is 1.02. The summed E-state index contributed by atoms with van der Waals surface area (Å²) in [6.07, 6.45) is -5.81. The van der Waals surface area contributed by atoms with Gasteiger partial charge in [0.15, 0.2) is 6.61 Å². The maximum atomic E-state index is 11.7. The number of halogens is 3. The third-order valence-electron chi connectivity index (χ3n) is 1.78. The van der Waals surface area contributed by atoms with Crippen LogP contribution in [0.5, 0.6) is 0 Å². The normalized spacial score (nSPS) is 10.8. The van der Waals surface area contributed by atoms with E-state index in [2.05, 4.69) is 10.1 Å². The number of nitrogens with one attached hydrogen (secondary N) is 1. The Kier molecular flexibility index (Phi) is 4.13. The lowest BCUT2D eigenvalue weighted by Crippen LogP contribution is -2.23. The minimum atomic E-state index is -4.58. The van der Waals surface area contributed by atoms with E-state index in [1.165, 1.54) is 24.3 Å². The second-order valence-electron chi connectivity index (χ2n) is 3.26. The molecule has 0 aliphatic rings. The van der Waals surface area contributed by atoms with Gasteiger partial charge in [-0.25, -0.2) is 4.79 Å². The molecule has 0 heterocycles. The Hall–Kier alpha value is -2.25. The van der Waals surface area contributed by atoms with Crippen molar-refractivity contribution in [3.63, 3.8) is 0 Å². The topological polar surface area (TPSA) is 81.4 Å². The number of hydrogen-bond acceptors (Lipinski definition) is 3. The lowest BCUT2D eigenvalue weighted by atomic mass is 10.2. The molecule has 0 aromatic heterocycles. The highest BCUT2D eigenvalue weighted by Gasteiger charge is 2.29. The van der Waals surface area contributed by atoms with Gasteiger partial charge >= 0.3 is 12.3 Å². The largest absolute Gasteiger partial charge is 0.440 e. The maximum absolute atomic E-state index is 11.7. The molecule has 98 valence electrons. The van der Waals surface area contributed by atoms with E-state index < -0.39 is 24.8 Å². The molecule has 5 nitrogen and oxygen atoms in total. The second-order valence-corrected chi connectivity index (χ2v) is 3.26. The highest BCUT2D eigenvalue weighted by molar-refractivity contribution is 5.93. The van der Waals surface area contributed by atoms with Crippen LogP contribution >= 0.6 is 0 Å². The second kappa shape index (κ2) is 5.39. The van der Waals surface area contributed by atoms with Crippen LogP contribution in [0.15, 0.2) is 24.3 Å². The number of anilines is 1. The van der Waals surface area contributed by atoms with Crippen molar-refractivity contribution in [1.82, 2.24) is 0 Å². The van der Waals surface area contributed by atoms with Gasteiger partial charge in [0.25, 0.3) is 0 Å². The number of benzene rings is 1. The number of primary amides is 1. The smallest absolute Gasteiger partial charge is 0.422 e. The lowest BCUT2D eigenvalue weighted by molar-refractivity contribution is -0.159. The minimum Gasteiger partial charge on any atom is -0.440 e.